The van der Waals surface area contributed by atoms with E-state index in [1.165, 1.54) is 48.4 Å². The van der Waals surface area contributed by atoms with Crippen LogP contribution >= 0.6 is 0 Å². The number of ether oxygens (including phenoxy) is 1. The molecule has 22 heavy (non-hydrogen) atoms. The average Bonchev–Trinajstić information content (AvgIpc) is 2.56. The van der Waals surface area contributed by atoms with Crippen molar-refractivity contribution in [2.24, 2.45) is 0 Å². The van der Waals surface area contributed by atoms with Gasteiger partial charge in [-0.3, -0.25) is 0 Å². The van der Waals surface area contributed by atoms with Crippen molar-refractivity contribution in [3.63, 3.8) is 0 Å². The molecular weight excluding hydrogens is 270 g/mol. The number of benzene rings is 2. The third-order valence-corrected chi connectivity index (χ3v) is 4.11. The molecule has 0 bridgehead atoms. The van der Waals surface area contributed by atoms with E-state index in [9.17, 15) is 0 Å². The third-order valence-electron chi connectivity index (χ3n) is 4.11. The minimum absolute atomic E-state index is 0.821. The lowest BCUT2D eigenvalue weighted by Gasteiger charge is -2.14. The van der Waals surface area contributed by atoms with Gasteiger partial charge in [-0.15, -0.1) is 0 Å². The van der Waals surface area contributed by atoms with E-state index < -0.39 is 0 Å². The Labute approximate surface area is 134 Å². The van der Waals surface area contributed by atoms with Gasteiger partial charge in [0, 0.05) is 12.1 Å². The molecule has 0 saturated carbocycles. The highest BCUT2D eigenvalue weighted by Gasteiger charge is 2.07. The quantitative estimate of drug-likeness (QED) is 0.601. The van der Waals surface area contributed by atoms with Crippen molar-refractivity contribution in [3.8, 4) is 5.75 Å². The molecule has 0 spiro atoms. The van der Waals surface area contributed by atoms with Crippen LogP contribution in [0.15, 0.2) is 36.4 Å². The molecular formula is C20H29NO. The molecule has 0 aliphatic heterocycles. The maximum atomic E-state index is 6.06. The molecule has 0 heterocycles. The number of rotatable bonds is 10. The Kier molecular flexibility index (Phi) is 7.24. The Morgan fingerprint density at radius 2 is 1.68 bits per heavy atom. The van der Waals surface area contributed by atoms with Gasteiger partial charge in [0.05, 0.1) is 6.61 Å². The van der Waals surface area contributed by atoms with Crippen molar-refractivity contribution in [1.82, 2.24) is 5.32 Å². The Hall–Kier alpha value is -1.54. The molecule has 2 aromatic carbocycles. The Morgan fingerprint density at radius 3 is 2.50 bits per heavy atom. The molecule has 1 N–H and O–H groups in total. The Balaban J connectivity index is 1.94. The molecule has 120 valence electrons. The van der Waals surface area contributed by atoms with Gasteiger partial charge in [0.2, 0.25) is 0 Å². The van der Waals surface area contributed by atoms with Gasteiger partial charge in [0.1, 0.15) is 5.75 Å². The van der Waals surface area contributed by atoms with Crippen LogP contribution in [-0.2, 0) is 6.54 Å². The lowest BCUT2D eigenvalue weighted by Crippen LogP contribution is -2.09. The van der Waals surface area contributed by atoms with Gasteiger partial charge < -0.3 is 10.1 Å². The van der Waals surface area contributed by atoms with E-state index in [1.807, 2.05) is 7.05 Å². The number of unbranched alkanes of at least 4 members (excludes halogenated alkanes) is 5. The van der Waals surface area contributed by atoms with Crippen molar-refractivity contribution in [1.29, 1.82) is 0 Å². The summed E-state index contributed by atoms with van der Waals surface area (Å²) in [6, 6.07) is 12.8. The molecule has 2 heteroatoms. The van der Waals surface area contributed by atoms with Gasteiger partial charge in [-0.2, -0.15) is 0 Å². The van der Waals surface area contributed by atoms with E-state index in [2.05, 4.69) is 48.6 Å². The maximum Gasteiger partial charge on any atom is 0.124 e. The smallest absolute Gasteiger partial charge is 0.124 e. The fraction of sp³-hybridized carbons (Fsp3) is 0.500. The topological polar surface area (TPSA) is 21.3 Å². The molecule has 0 amide bonds. The summed E-state index contributed by atoms with van der Waals surface area (Å²) in [7, 11) is 1.99. The molecule has 0 aliphatic rings. The van der Waals surface area contributed by atoms with Gasteiger partial charge in [-0.25, -0.2) is 0 Å². The zero-order valence-electron chi connectivity index (χ0n) is 14.0. The first-order valence-electron chi connectivity index (χ1n) is 8.65. The lowest BCUT2D eigenvalue weighted by molar-refractivity contribution is 0.301. The Morgan fingerprint density at radius 1 is 0.909 bits per heavy atom. The molecule has 2 rings (SSSR count). The summed E-state index contributed by atoms with van der Waals surface area (Å²) in [5, 5.41) is 5.83. The van der Waals surface area contributed by atoms with Crippen LogP contribution < -0.4 is 10.1 Å². The van der Waals surface area contributed by atoms with Gasteiger partial charge in [-0.05, 0) is 30.3 Å². The molecule has 0 fully saturated rings. The van der Waals surface area contributed by atoms with Crippen LogP contribution in [0.2, 0.25) is 0 Å². The highest BCUT2D eigenvalue weighted by atomic mass is 16.5. The third kappa shape index (κ3) is 4.74. The molecule has 0 aromatic heterocycles. The van der Waals surface area contributed by atoms with E-state index in [0.29, 0.717) is 0 Å². The van der Waals surface area contributed by atoms with Gasteiger partial charge in [-0.1, -0.05) is 69.4 Å². The molecule has 2 aromatic rings. The second kappa shape index (κ2) is 9.47. The van der Waals surface area contributed by atoms with Crippen LogP contribution in [0.5, 0.6) is 5.75 Å². The van der Waals surface area contributed by atoms with Crippen molar-refractivity contribution < 1.29 is 4.74 Å². The summed E-state index contributed by atoms with van der Waals surface area (Å²) < 4.78 is 6.06. The van der Waals surface area contributed by atoms with Crippen LogP contribution in [0.25, 0.3) is 10.8 Å². The van der Waals surface area contributed by atoms with E-state index in [0.717, 1.165) is 25.3 Å². The molecule has 0 atom stereocenters. The molecule has 0 radical (unpaired) electrons. The highest BCUT2D eigenvalue weighted by Crippen LogP contribution is 2.28. The van der Waals surface area contributed by atoms with Gasteiger partial charge >= 0.3 is 0 Å². The lowest BCUT2D eigenvalue weighted by atomic mass is 10.0. The normalized spacial score (nSPS) is 11.0. The standard InChI is InChI=1S/C20H29NO/c1-3-4-5-6-7-10-15-22-20-14-13-17-11-8-9-12-18(17)19(20)16-21-2/h8-9,11-14,21H,3-7,10,15-16H2,1-2H3. The highest BCUT2D eigenvalue weighted by molar-refractivity contribution is 5.87. The fourth-order valence-electron chi connectivity index (χ4n) is 2.87. The minimum atomic E-state index is 0.821. The maximum absolute atomic E-state index is 6.06. The summed E-state index contributed by atoms with van der Waals surface area (Å²) in [6.45, 7) is 3.92. The molecule has 0 unspecified atom stereocenters. The first-order valence-corrected chi connectivity index (χ1v) is 8.65. The van der Waals surface area contributed by atoms with Crippen LogP contribution in [0.1, 0.15) is 51.0 Å². The summed E-state index contributed by atoms with van der Waals surface area (Å²) in [5.41, 5.74) is 1.27. The molecule has 2 nitrogen and oxygen atoms in total. The second-order valence-corrected chi connectivity index (χ2v) is 5.91. The second-order valence-electron chi connectivity index (χ2n) is 5.91. The largest absolute Gasteiger partial charge is 0.493 e. The van der Waals surface area contributed by atoms with Crippen LogP contribution in [0, 0.1) is 0 Å². The predicted octanol–water partition coefficient (Wildman–Crippen LogP) is 5.30. The summed E-state index contributed by atoms with van der Waals surface area (Å²) >= 11 is 0. The summed E-state index contributed by atoms with van der Waals surface area (Å²) in [6.07, 6.45) is 7.78. The van der Waals surface area contributed by atoms with Gasteiger partial charge in [0.25, 0.3) is 0 Å². The average molecular weight is 299 g/mol. The van der Waals surface area contributed by atoms with Gasteiger partial charge in [0.15, 0.2) is 0 Å². The number of fused-ring (bicyclic) bond motifs is 1. The van der Waals surface area contributed by atoms with Crippen molar-refractivity contribution >= 4 is 10.8 Å². The monoisotopic (exact) mass is 299 g/mol. The van der Waals surface area contributed by atoms with Crippen LogP contribution in [0.3, 0.4) is 0 Å². The van der Waals surface area contributed by atoms with E-state index >= 15 is 0 Å². The molecule has 0 saturated heterocycles. The van der Waals surface area contributed by atoms with Crippen molar-refractivity contribution in [2.75, 3.05) is 13.7 Å². The number of hydrogen-bond donors (Lipinski definition) is 1. The summed E-state index contributed by atoms with van der Waals surface area (Å²) in [4.78, 5) is 0. The zero-order valence-corrected chi connectivity index (χ0v) is 14.0. The van der Waals surface area contributed by atoms with Crippen molar-refractivity contribution in [2.45, 2.75) is 52.0 Å². The summed E-state index contributed by atoms with van der Waals surface area (Å²) in [5.74, 6) is 1.03. The zero-order chi connectivity index (χ0) is 15.6. The number of nitrogens with one attached hydrogen (secondary N) is 1. The SMILES string of the molecule is CCCCCCCCOc1ccc2ccccc2c1CNC. The van der Waals surface area contributed by atoms with E-state index in [4.69, 9.17) is 4.74 Å². The minimum Gasteiger partial charge on any atom is -0.493 e. The fourth-order valence-corrected chi connectivity index (χ4v) is 2.87. The predicted molar refractivity (Wildman–Crippen MR) is 95.6 cm³/mol. The molecule has 0 aliphatic carbocycles. The Bertz CT molecular complexity index is 565. The van der Waals surface area contributed by atoms with E-state index in [1.54, 1.807) is 0 Å². The van der Waals surface area contributed by atoms with Crippen LogP contribution in [0.4, 0.5) is 0 Å². The van der Waals surface area contributed by atoms with Crippen LogP contribution in [-0.4, -0.2) is 13.7 Å². The van der Waals surface area contributed by atoms with Crippen molar-refractivity contribution in [3.05, 3.63) is 42.0 Å². The first kappa shape index (κ1) is 16.8. The first-order chi connectivity index (χ1) is 10.9. The number of hydrogen-bond acceptors (Lipinski definition) is 2. The van der Waals surface area contributed by atoms with E-state index in [-0.39, 0.29) is 0 Å².